The van der Waals surface area contributed by atoms with E-state index in [1.165, 1.54) is 11.3 Å². The lowest BCUT2D eigenvalue weighted by atomic mass is 10.3. The van der Waals surface area contributed by atoms with Crippen LogP contribution in [0.25, 0.3) is 0 Å². The van der Waals surface area contributed by atoms with Gasteiger partial charge >= 0.3 is 0 Å². The van der Waals surface area contributed by atoms with Crippen molar-refractivity contribution in [2.24, 2.45) is 0 Å². The van der Waals surface area contributed by atoms with Crippen molar-refractivity contribution < 1.29 is 9.59 Å². The van der Waals surface area contributed by atoms with Gasteiger partial charge in [0, 0.05) is 33.1 Å². The summed E-state index contributed by atoms with van der Waals surface area (Å²) in [7, 11) is 0. The molecule has 0 aliphatic carbocycles. The normalized spacial score (nSPS) is 16.1. The van der Waals surface area contributed by atoms with Crippen LogP contribution in [0, 0.1) is 0 Å². The van der Waals surface area contributed by atoms with Gasteiger partial charge in [0.2, 0.25) is 5.91 Å². The molecule has 1 aromatic rings. The van der Waals surface area contributed by atoms with E-state index in [-0.39, 0.29) is 11.8 Å². The summed E-state index contributed by atoms with van der Waals surface area (Å²) < 4.78 is 0. The third-order valence-corrected chi connectivity index (χ3v) is 4.15. The minimum atomic E-state index is -0.0341. The summed E-state index contributed by atoms with van der Waals surface area (Å²) in [5.74, 6) is 0.0273. The Morgan fingerprint density at radius 1 is 1.24 bits per heavy atom. The fourth-order valence-corrected chi connectivity index (χ4v) is 2.92. The van der Waals surface area contributed by atoms with Crippen LogP contribution in [0.3, 0.4) is 0 Å². The largest absolute Gasteiger partial charge is 0.339 e. The van der Waals surface area contributed by atoms with Gasteiger partial charge in [-0.15, -0.1) is 11.3 Å². The molecule has 4 nitrogen and oxygen atoms in total. The number of rotatable bonds is 1. The first kappa shape index (κ1) is 12.4. The molecule has 1 saturated heterocycles. The molecule has 1 aromatic heterocycles. The minimum absolute atomic E-state index is 0.0341. The molecule has 0 saturated carbocycles. The maximum absolute atomic E-state index is 12.1. The molecule has 0 spiro atoms. The van der Waals surface area contributed by atoms with Gasteiger partial charge in [0.05, 0.1) is 5.02 Å². The number of hydrogen-bond acceptors (Lipinski definition) is 3. The molecule has 1 aliphatic heterocycles. The lowest BCUT2D eigenvalue weighted by Gasteiger charge is -2.34. The highest BCUT2D eigenvalue weighted by atomic mass is 35.5. The molecule has 0 atom stereocenters. The third kappa shape index (κ3) is 2.61. The molecular formula is C11H13ClN2O2S. The molecule has 17 heavy (non-hydrogen) atoms. The Labute approximate surface area is 109 Å². The van der Waals surface area contributed by atoms with E-state index < -0.39 is 0 Å². The van der Waals surface area contributed by atoms with Crippen LogP contribution < -0.4 is 0 Å². The van der Waals surface area contributed by atoms with Crippen molar-refractivity contribution in [3.63, 3.8) is 0 Å². The van der Waals surface area contributed by atoms with E-state index in [0.717, 1.165) is 0 Å². The number of hydrogen-bond donors (Lipinski definition) is 0. The second kappa shape index (κ2) is 5.06. The molecular weight excluding hydrogens is 260 g/mol. The second-order valence-corrected chi connectivity index (χ2v) is 5.22. The number of nitrogens with zero attached hydrogens (tertiary/aromatic N) is 2. The van der Waals surface area contributed by atoms with E-state index in [1.807, 2.05) is 0 Å². The van der Waals surface area contributed by atoms with Crippen LogP contribution in [0.15, 0.2) is 11.4 Å². The van der Waals surface area contributed by atoms with Gasteiger partial charge in [0.25, 0.3) is 5.91 Å². The monoisotopic (exact) mass is 272 g/mol. The number of halogens is 1. The van der Waals surface area contributed by atoms with Gasteiger partial charge in [0.15, 0.2) is 0 Å². The van der Waals surface area contributed by atoms with E-state index in [1.54, 1.807) is 28.2 Å². The Morgan fingerprint density at radius 3 is 2.29 bits per heavy atom. The van der Waals surface area contributed by atoms with Gasteiger partial charge in [-0.1, -0.05) is 11.6 Å². The summed E-state index contributed by atoms with van der Waals surface area (Å²) in [4.78, 5) is 27.4. The fraction of sp³-hybridized carbons (Fsp3) is 0.455. The SMILES string of the molecule is CC(=O)N1CCN(C(=O)c2sccc2Cl)CC1. The average Bonchev–Trinajstić information content (AvgIpc) is 2.74. The Balaban J connectivity index is 2.00. The van der Waals surface area contributed by atoms with Crippen molar-refractivity contribution in [3.05, 3.63) is 21.3 Å². The number of carbonyl (C=O) groups excluding carboxylic acids is 2. The van der Waals surface area contributed by atoms with Crippen molar-refractivity contribution in [2.45, 2.75) is 6.92 Å². The van der Waals surface area contributed by atoms with Crippen LogP contribution in [0.1, 0.15) is 16.6 Å². The topological polar surface area (TPSA) is 40.6 Å². The molecule has 0 aromatic carbocycles. The fourth-order valence-electron chi connectivity index (χ4n) is 1.81. The summed E-state index contributed by atoms with van der Waals surface area (Å²) in [5.41, 5.74) is 0. The number of thiophene rings is 1. The summed E-state index contributed by atoms with van der Waals surface area (Å²) in [6.07, 6.45) is 0. The molecule has 6 heteroatoms. The van der Waals surface area contributed by atoms with Crippen molar-refractivity contribution in [1.82, 2.24) is 9.80 Å². The van der Waals surface area contributed by atoms with Gasteiger partial charge in [-0.25, -0.2) is 0 Å². The highest BCUT2D eigenvalue weighted by Crippen LogP contribution is 2.24. The average molecular weight is 273 g/mol. The first-order valence-corrected chi connectivity index (χ1v) is 6.63. The van der Waals surface area contributed by atoms with Crippen LogP contribution in [0.2, 0.25) is 5.02 Å². The Kier molecular flexibility index (Phi) is 3.69. The smallest absolute Gasteiger partial charge is 0.265 e. The highest BCUT2D eigenvalue weighted by Gasteiger charge is 2.25. The van der Waals surface area contributed by atoms with Gasteiger partial charge in [-0.3, -0.25) is 9.59 Å². The Morgan fingerprint density at radius 2 is 1.82 bits per heavy atom. The lowest BCUT2D eigenvalue weighted by molar-refractivity contribution is -0.130. The zero-order valence-electron chi connectivity index (χ0n) is 9.48. The van der Waals surface area contributed by atoms with Crippen molar-refractivity contribution >= 4 is 34.8 Å². The van der Waals surface area contributed by atoms with Gasteiger partial charge in [-0.2, -0.15) is 0 Å². The Hall–Kier alpha value is -1.07. The quantitative estimate of drug-likeness (QED) is 0.781. The zero-order chi connectivity index (χ0) is 12.4. The van der Waals surface area contributed by atoms with Crippen LogP contribution >= 0.6 is 22.9 Å². The summed E-state index contributed by atoms with van der Waals surface area (Å²) >= 11 is 7.29. The van der Waals surface area contributed by atoms with E-state index in [9.17, 15) is 9.59 Å². The maximum Gasteiger partial charge on any atom is 0.265 e. The van der Waals surface area contributed by atoms with E-state index >= 15 is 0 Å². The van der Waals surface area contributed by atoms with E-state index in [2.05, 4.69) is 0 Å². The molecule has 2 rings (SSSR count). The van der Waals surface area contributed by atoms with Gasteiger partial charge in [-0.05, 0) is 11.4 Å². The van der Waals surface area contributed by atoms with Crippen LogP contribution in [-0.2, 0) is 4.79 Å². The number of piperazine rings is 1. The Bertz CT molecular complexity index is 438. The van der Waals surface area contributed by atoms with Crippen molar-refractivity contribution in [3.8, 4) is 0 Å². The lowest BCUT2D eigenvalue weighted by Crippen LogP contribution is -2.49. The standard InChI is InChI=1S/C11H13ClN2O2S/c1-8(15)13-3-5-14(6-4-13)11(16)10-9(12)2-7-17-10/h2,7H,3-6H2,1H3. The minimum Gasteiger partial charge on any atom is -0.339 e. The molecule has 2 amide bonds. The van der Waals surface area contributed by atoms with Crippen LogP contribution in [0.4, 0.5) is 0 Å². The second-order valence-electron chi connectivity index (χ2n) is 3.90. The number of carbonyl (C=O) groups is 2. The van der Waals surface area contributed by atoms with Crippen molar-refractivity contribution in [2.75, 3.05) is 26.2 Å². The zero-order valence-corrected chi connectivity index (χ0v) is 11.1. The first-order valence-electron chi connectivity index (χ1n) is 5.37. The summed E-state index contributed by atoms with van der Waals surface area (Å²) in [6, 6.07) is 1.73. The predicted octanol–water partition coefficient (Wildman–Crippen LogP) is 1.71. The number of amides is 2. The van der Waals surface area contributed by atoms with Crippen LogP contribution in [-0.4, -0.2) is 47.8 Å². The molecule has 0 N–H and O–H groups in total. The van der Waals surface area contributed by atoms with E-state index in [4.69, 9.17) is 11.6 Å². The molecule has 0 unspecified atom stereocenters. The molecule has 2 heterocycles. The summed E-state index contributed by atoms with van der Waals surface area (Å²) in [5, 5.41) is 2.32. The molecule has 92 valence electrons. The molecule has 0 bridgehead atoms. The van der Waals surface area contributed by atoms with Gasteiger partial charge in [0.1, 0.15) is 4.88 Å². The van der Waals surface area contributed by atoms with E-state index in [0.29, 0.717) is 36.1 Å². The highest BCUT2D eigenvalue weighted by molar-refractivity contribution is 7.12. The van der Waals surface area contributed by atoms with Crippen LogP contribution in [0.5, 0.6) is 0 Å². The predicted molar refractivity (Wildman–Crippen MR) is 67.5 cm³/mol. The van der Waals surface area contributed by atoms with Crippen molar-refractivity contribution in [1.29, 1.82) is 0 Å². The molecule has 1 aliphatic rings. The third-order valence-electron chi connectivity index (χ3n) is 2.82. The van der Waals surface area contributed by atoms with Gasteiger partial charge < -0.3 is 9.80 Å². The maximum atomic E-state index is 12.1. The molecule has 0 radical (unpaired) electrons. The first-order chi connectivity index (χ1) is 8.09. The summed E-state index contributed by atoms with van der Waals surface area (Å²) in [6.45, 7) is 3.90. The molecule has 1 fully saturated rings.